The number of anilines is 1. The summed E-state index contributed by atoms with van der Waals surface area (Å²) in [4.78, 5) is 0.896. The lowest BCUT2D eigenvalue weighted by Crippen LogP contribution is -2.10. The van der Waals surface area contributed by atoms with Gasteiger partial charge in [0.15, 0.2) is 0 Å². The Kier molecular flexibility index (Phi) is 5.19. The van der Waals surface area contributed by atoms with Crippen molar-refractivity contribution in [2.24, 2.45) is 11.8 Å². The van der Waals surface area contributed by atoms with Crippen LogP contribution >= 0.6 is 0 Å². The maximum atomic E-state index is 12.2. The summed E-state index contributed by atoms with van der Waals surface area (Å²) in [6.45, 7) is 8.52. The highest BCUT2D eigenvalue weighted by Gasteiger charge is 2.12. The quantitative estimate of drug-likeness (QED) is 0.818. The van der Waals surface area contributed by atoms with Gasteiger partial charge in [0.25, 0.3) is 0 Å². The molecule has 96 valence electrons. The van der Waals surface area contributed by atoms with Gasteiger partial charge in [-0.3, -0.25) is 4.21 Å². The molecule has 1 aromatic rings. The molecule has 2 unspecified atom stereocenters. The molecule has 0 spiro atoms. The number of aryl methyl sites for hydroxylation is 1. The van der Waals surface area contributed by atoms with Crippen LogP contribution in [0.25, 0.3) is 0 Å². The van der Waals surface area contributed by atoms with Crippen molar-refractivity contribution in [1.82, 2.24) is 0 Å². The van der Waals surface area contributed by atoms with Gasteiger partial charge in [-0.15, -0.1) is 0 Å². The van der Waals surface area contributed by atoms with Crippen LogP contribution in [0.5, 0.6) is 0 Å². The lowest BCUT2D eigenvalue weighted by Gasteiger charge is -2.13. The Morgan fingerprint density at radius 1 is 1.29 bits per heavy atom. The van der Waals surface area contributed by atoms with Gasteiger partial charge >= 0.3 is 0 Å². The van der Waals surface area contributed by atoms with E-state index in [2.05, 4.69) is 20.8 Å². The fourth-order valence-corrected chi connectivity index (χ4v) is 3.39. The van der Waals surface area contributed by atoms with E-state index in [1.165, 1.54) is 0 Å². The monoisotopic (exact) mass is 253 g/mol. The molecular weight excluding hydrogens is 230 g/mol. The van der Waals surface area contributed by atoms with E-state index in [1.54, 1.807) is 0 Å². The van der Waals surface area contributed by atoms with Crippen molar-refractivity contribution in [1.29, 1.82) is 0 Å². The largest absolute Gasteiger partial charge is 0.399 e. The predicted octanol–water partition coefficient (Wildman–Crippen LogP) is 3.37. The second kappa shape index (κ2) is 6.20. The zero-order chi connectivity index (χ0) is 13.0. The van der Waals surface area contributed by atoms with Gasteiger partial charge in [0.1, 0.15) is 0 Å². The minimum Gasteiger partial charge on any atom is -0.399 e. The molecule has 2 nitrogen and oxygen atoms in total. The molecule has 2 N–H and O–H groups in total. The third-order valence-electron chi connectivity index (χ3n) is 2.81. The van der Waals surface area contributed by atoms with E-state index in [0.29, 0.717) is 11.8 Å². The van der Waals surface area contributed by atoms with Crippen molar-refractivity contribution in [3.8, 4) is 0 Å². The fourth-order valence-electron chi connectivity index (χ4n) is 2.02. The van der Waals surface area contributed by atoms with Crippen LogP contribution in [-0.2, 0) is 10.8 Å². The van der Waals surface area contributed by atoms with Gasteiger partial charge in [0, 0.05) is 16.3 Å². The summed E-state index contributed by atoms with van der Waals surface area (Å²) in [5.74, 6) is 1.89. The summed E-state index contributed by atoms with van der Waals surface area (Å²) >= 11 is 0. The Hall–Kier alpha value is -0.830. The topological polar surface area (TPSA) is 43.1 Å². The van der Waals surface area contributed by atoms with Crippen molar-refractivity contribution in [2.75, 3.05) is 11.5 Å². The summed E-state index contributed by atoms with van der Waals surface area (Å²) in [6.07, 6.45) is 1.12. The van der Waals surface area contributed by atoms with Crippen LogP contribution in [0.2, 0.25) is 0 Å². The summed E-state index contributed by atoms with van der Waals surface area (Å²) in [6, 6.07) is 5.66. The zero-order valence-corrected chi connectivity index (χ0v) is 12.0. The molecule has 2 atom stereocenters. The number of nitrogen functional groups attached to an aromatic ring is 1. The normalized spacial score (nSPS) is 14.9. The summed E-state index contributed by atoms with van der Waals surface area (Å²) < 4.78 is 12.2. The minimum absolute atomic E-state index is 0.494. The predicted molar refractivity (Wildman–Crippen MR) is 75.5 cm³/mol. The zero-order valence-electron chi connectivity index (χ0n) is 11.2. The van der Waals surface area contributed by atoms with Crippen LogP contribution in [0.3, 0.4) is 0 Å². The molecule has 0 aliphatic heterocycles. The summed E-state index contributed by atoms with van der Waals surface area (Å²) in [5.41, 5.74) is 7.53. The highest BCUT2D eigenvalue weighted by atomic mass is 32.2. The van der Waals surface area contributed by atoms with E-state index in [1.807, 2.05) is 25.1 Å². The van der Waals surface area contributed by atoms with E-state index in [-0.39, 0.29) is 0 Å². The van der Waals surface area contributed by atoms with E-state index >= 15 is 0 Å². The molecule has 17 heavy (non-hydrogen) atoms. The lowest BCUT2D eigenvalue weighted by molar-refractivity contribution is 0.471. The highest BCUT2D eigenvalue weighted by molar-refractivity contribution is 7.85. The Bertz CT molecular complexity index is 401. The van der Waals surface area contributed by atoms with Crippen molar-refractivity contribution in [2.45, 2.75) is 39.0 Å². The van der Waals surface area contributed by atoms with Gasteiger partial charge in [-0.05, 0) is 48.9 Å². The molecule has 0 aliphatic carbocycles. The second-order valence-electron chi connectivity index (χ2n) is 5.27. The molecule has 0 amide bonds. The number of rotatable bonds is 5. The number of nitrogens with two attached hydrogens (primary N) is 1. The van der Waals surface area contributed by atoms with Crippen LogP contribution in [0.4, 0.5) is 5.69 Å². The summed E-state index contributed by atoms with van der Waals surface area (Å²) in [7, 11) is -0.904. The van der Waals surface area contributed by atoms with Gasteiger partial charge in [-0.25, -0.2) is 0 Å². The standard InChI is InChI=1S/C14H23NOS/c1-10(2)7-11(3)9-17(16)13-5-6-14(15)12(4)8-13/h5-6,8,10-11H,7,9,15H2,1-4H3. The maximum absolute atomic E-state index is 12.2. The average Bonchev–Trinajstić information content (AvgIpc) is 2.20. The van der Waals surface area contributed by atoms with Gasteiger partial charge in [-0.2, -0.15) is 0 Å². The van der Waals surface area contributed by atoms with E-state index in [4.69, 9.17) is 5.73 Å². The summed E-state index contributed by atoms with van der Waals surface area (Å²) in [5, 5.41) is 0. The van der Waals surface area contributed by atoms with Crippen molar-refractivity contribution in [3.05, 3.63) is 23.8 Å². The van der Waals surface area contributed by atoms with Gasteiger partial charge in [-0.1, -0.05) is 20.8 Å². The molecule has 3 heteroatoms. The number of hydrogen-bond acceptors (Lipinski definition) is 2. The molecule has 1 aromatic carbocycles. The molecule has 0 aliphatic rings. The Balaban J connectivity index is 2.66. The maximum Gasteiger partial charge on any atom is 0.0532 e. The molecular formula is C14H23NOS. The molecule has 1 rings (SSSR count). The van der Waals surface area contributed by atoms with Crippen molar-refractivity contribution in [3.63, 3.8) is 0 Å². The molecule has 0 saturated heterocycles. The smallest absolute Gasteiger partial charge is 0.0532 e. The minimum atomic E-state index is -0.904. The van der Waals surface area contributed by atoms with Crippen LogP contribution in [0.15, 0.2) is 23.1 Å². The molecule has 0 bridgehead atoms. The SMILES string of the molecule is Cc1cc(S(=O)CC(C)CC(C)C)ccc1N. The fraction of sp³-hybridized carbons (Fsp3) is 0.571. The van der Waals surface area contributed by atoms with Gasteiger partial charge < -0.3 is 5.73 Å². The van der Waals surface area contributed by atoms with Gasteiger partial charge in [0.2, 0.25) is 0 Å². The van der Waals surface area contributed by atoms with Crippen LogP contribution in [-0.4, -0.2) is 9.96 Å². The molecule has 0 aromatic heterocycles. The van der Waals surface area contributed by atoms with Crippen LogP contribution < -0.4 is 5.73 Å². The first-order valence-corrected chi connectivity index (χ1v) is 7.46. The van der Waals surface area contributed by atoms with Crippen LogP contribution in [0, 0.1) is 18.8 Å². The third kappa shape index (κ3) is 4.50. The van der Waals surface area contributed by atoms with Crippen molar-refractivity contribution < 1.29 is 4.21 Å². The lowest BCUT2D eigenvalue weighted by atomic mass is 10.0. The Morgan fingerprint density at radius 3 is 2.47 bits per heavy atom. The average molecular weight is 253 g/mol. The van der Waals surface area contributed by atoms with E-state index < -0.39 is 10.8 Å². The molecule has 0 saturated carbocycles. The first-order chi connectivity index (χ1) is 7.90. The first-order valence-electron chi connectivity index (χ1n) is 6.14. The van der Waals surface area contributed by atoms with Gasteiger partial charge in [0.05, 0.1) is 10.8 Å². The molecule has 0 radical (unpaired) electrons. The molecule has 0 fully saturated rings. The number of benzene rings is 1. The van der Waals surface area contributed by atoms with Crippen LogP contribution in [0.1, 0.15) is 32.8 Å². The van der Waals surface area contributed by atoms with E-state index in [0.717, 1.165) is 28.3 Å². The first kappa shape index (κ1) is 14.2. The number of hydrogen-bond donors (Lipinski definition) is 1. The third-order valence-corrected chi connectivity index (χ3v) is 4.47. The second-order valence-corrected chi connectivity index (χ2v) is 6.76. The highest BCUT2D eigenvalue weighted by Crippen LogP contribution is 2.19. The Morgan fingerprint density at radius 2 is 1.94 bits per heavy atom. The molecule has 0 heterocycles. The van der Waals surface area contributed by atoms with Crippen molar-refractivity contribution >= 4 is 16.5 Å². The Labute approximate surface area is 107 Å². The van der Waals surface area contributed by atoms with E-state index in [9.17, 15) is 4.21 Å².